The highest BCUT2D eigenvalue weighted by atomic mass is 32.2. The lowest BCUT2D eigenvalue weighted by molar-refractivity contribution is -0.122. The van der Waals surface area contributed by atoms with Crippen LogP contribution >= 0.6 is 23.1 Å². The molecule has 208 valence electrons. The highest BCUT2D eigenvalue weighted by molar-refractivity contribution is 8.00. The standard InChI is InChI=1S/C33H25N3O4S2/c1-19-14-16-22(17-15-19)36-30(38)27-26(21-9-3-2-4-10-21)29-32(41-28(27)31(36)39)35(33(40)42-29)18-25(37)34-24-13-7-11-20-8-5-6-12-23(20)24/h2-17,26-28H,18H2,1H3,(H,34,37)/t26-,27-,28+/m0/s1. The molecule has 0 bridgehead atoms. The first-order valence-corrected chi connectivity index (χ1v) is 15.3. The summed E-state index contributed by atoms with van der Waals surface area (Å²) in [7, 11) is 0. The molecule has 42 heavy (non-hydrogen) atoms. The normalized spacial score (nSPS) is 19.5. The lowest BCUT2D eigenvalue weighted by Gasteiger charge is -2.30. The van der Waals surface area contributed by atoms with Crippen LogP contribution in [-0.2, 0) is 20.9 Å². The van der Waals surface area contributed by atoms with Gasteiger partial charge in [0, 0.05) is 21.9 Å². The average molecular weight is 592 g/mol. The Hall–Kier alpha value is -4.47. The quantitative estimate of drug-likeness (QED) is 0.261. The number of amides is 3. The molecule has 1 fully saturated rings. The molecule has 1 aromatic heterocycles. The van der Waals surface area contributed by atoms with Crippen molar-refractivity contribution in [2.45, 2.75) is 29.7 Å². The topological polar surface area (TPSA) is 88.5 Å². The number of nitrogens with zero attached hydrogens (tertiary/aromatic N) is 2. The van der Waals surface area contributed by atoms with E-state index in [9.17, 15) is 19.2 Å². The first kappa shape index (κ1) is 26.4. The summed E-state index contributed by atoms with van der Waals surface area (Å²) < 4.78 is 1.45. The fourth-order valence-electron chi connectivity index (χ4n) is 5.89. The van der Waals surface area contributed by atoms with Crippen molar-refractivity contribution in [2.24, 2.45) is 5.92 Å². The number of imide groups is 1. The van der Waals surface area contributed by atoms with E-state index in [0.29, 0.717) is 21.3 Å². The van der Waals surface area contributed by atoms with Crippen LogP contribution in [0, 0.1) is 12.8 Å². The molecular formula is C33H25N3O4S2. The summed E-state index contributed by atoms with van der Waals surface area (Å²) >= 11 is 2.27. The van der Waals surface area contributed by atoms with Crippen molar-refractivity contribution in [2.75, 3.05) is 10.2 Å². The van der Waals surface area contributed by atoms with Crippen molar-refractivity contribution in [3.63, 3.8) is 0 Å². The molecule has 0 spiro atoms. The zero-order valence-electron chi connectivity index (χ0n) is 22.5. The van der Waals surface area contributed by atoms with Gasteiger partial charge in [-0.3, -0.25) is 23.7 Å². The predicted octanol–water partition coefficient (Wildman–Crippen LogP) is 5.81. The zero-order valence-corrected chi connectivity index (χ0v) is 24.2. The summed E-state index contributed by atoms with van der Waals surface area (Å²) in [4.78, 5) is 56.2. The predicted molar refractivity (Wildman–Crippen MR) is 166 cm³/mol. The van der Waals surface area contributed by atoms with E-state index in [-0.39, 0.29) is 29.1 Å². The Morgan fingerprint density at radius 1 is 0.833 bits per heavy atom. The molecule has 7 nitrogen and oxygen atoms in total. The fourth-order valence-corrected chi connectivity index (χ4v) is 8.66. The van der Waals surface area contributed by atoms with E-state index < -0.39 is 17.1 Å². The van der Waals surface area contributed by atoms with E-state index in [1.165, 1.54) is 21.2 Å². The van der Waals surface area contributed by atoms with Crippen LogP contribution < -0.4 is 15.1 Å². The maximum absolute atomic E-state index is 14.0. The summed E-state index contributed by atoms with van der Waals surface area (Å²) in [5, 5.41) is 4.71. The summed E-state index contributed by atoms with van der Waals surface area (Å²) in [5.41, 5.74) is 3.08. The Morgan fingerprint density at radius 2 is 1.55 bits per heavy atom. The monoisotopic (exact) mass is 591 g/mol. The third kappa shape index (κ3) is 4.36. The maximum atomic E-state index is 14.0. The van der Waals surface area contributed by atoms with Gasteiger partial charge < -0.3 is 5.32 Å². The molecule has 7 rings (SSSR count). The minimum atomic E-state index is -0.724. The van der Waals surface area contributed by atoms with E-state index in [1.807, 2.05) is 91.9 Å². The molecule has 0 unspecified atom stereocenters. The van der Waals surface area contributed by atoms with Crippen molar-refractivity contribution < 1.29 is 14.4 Å². The van der Waals surface area contributed by atoms with Crippen LogP contribution in [0.1, 0.15) is 21.9 Å². The first-order valence-electron chi connectivity index (χ1n) is 13.6. The van der Waals surface area contributed by atoms with Gasteiger partial charge in [-0.05, 0) is 36.1 Å². The van der Waals surface area contributed by atoms with Gasteiger partial charge >= 0.3 is 4.87 Å². The van der Waals surface area contributed by atoms with Gasteiger partial charge in [0.05, 0.1) is 16.6 Å². The third-order valence-corrected chi connectivity index (χ3v) is 10.5. The molecular weight excluding hydrogens is 567 g/mol. The minimum absolute atomic E-state index is 0.205. The van der Waals surface area contributed by atoms with Crippen molar-refractivity contribution >= 4 is 63.0 Å². The molecule has 2 aliphatic rings. The Bertz CT molecular complexity index is 1930. The van der Waals surface area contributed by atoms with E-state index in [4.69, 9.17) is 0 Å². The molecule has 0 aliphatic carbocycles. The summed E-state index contributed by atoms with van der Waals surface area (Å²) in [5.74, 6) is -2.09. The van der Waals surface area contributed by atoms with Crippen LogP contribution in [0.3, 0.4) is 0 Å². The third-order valence-electron chi connectivity index (χ3n) is 7.87. The van der Waals surface area contributed by atoms with Crippen LogP contribution in [0.25, 0.3) is 10.8 Å². The number of fused-ring (bicyclic) bond motifs is 3. The molecule has 3 heterocycles. The molecule has 3 amide bonds. The number of aromatic nitrogens is 1. The van der Waals surface area contributed by atoms with Crippen molar-refractivity contribution in [3.05, 3.63) is 123 Å². The number of benzene rings is 4. The van der Waals surface area contributed by atoms with Gasteiger partial charge in [0.25, 0.3) is 0 Å². The number of aryl methyl sites for hydroxylation is 1. The molecule has 1 saturated heterocycles. The lowest BCUT2D eigenvalue weighted by atomic mass is 9.83. The van der Waals surface area contributed by atoms with Gasteiger partial charge in [0.2, 0.25) is 17.7 Å². The van der Waals surface area contributed by atoms with Gasteiger partial charge in [0.15, 0.2) is 0 Å². The van der Waals surface area contributed by atoms with Gasteiger partial charge in [-0.15, -0.1) is 0 Å². The Labute approximate surface area is 249 Å². The summed E-state index contributed by atoms with van der Waals surface area (Å²) in [6, 6.07) is 30.3. The number of carbonyl (C=O) groups excluding carboxylic acids is 3. The fraction of sp³-hybridized carbons (Fsp3) is 0.152. The Kier molecular flexibility index (Phi) is 6.56. The van der Waals surface area contributed by atoms with E-state index in [2.05, 4.69) is 5.32 Å². The van der Waals surface area contributed by atoms with Crippen molar-refractivity contribution in [3.8, 4) is 0 Å². The van der Waals surface area contributed by atoms with Crippen LogP contribution in [0.2, 0.25) is 0 Å². The van der Waals surface area contributed by atoms with Crippen LogP contribution in [0.4, 0.5) is 11.4 Å². The highest BCUT2D eigenvalue weighted by Crippen LogP contribution is 2.53. The largest absolute Gasteiger partial charge is 0.324 e. The van der Waals surface area contributed by atoms with E-state index in [1.54, 1.807) is 12.1 Å². The lowest BCUT2D eigenvalue weighted by Crippen LogP contribution is -2.33. The molecule has 5 aromatic rings. The highest BCUT2D eigenvalue weighted by Gasteiger charge is 2.56. The van der Waals surface area contributed by atoms with E-state index in [0.717, 1.165) is 33.2 Å². The Morgan fingerprint density at radius 3 is 2.33 bits per heavy atom. The first-order chi connectivity index (χ1) is 20.4. The molecule has 3 atom stereocenters. The number of hydrogen-bond donors (Lipinski definition) is 1. The minimum Gasteiger partial charge on any atom is -0.324 e. The second kappa shape index (κ2) is 10.4. The maximum Gasteiger partial charge on any atom is 0.308 e. The summed E-state index contributed by atoms with van der Waals surface area (Å²) in [6.45, 7) is 1.75. The number of carbonyl (C=O) groups is 3. The molecule has 9 heteroatoms. The van der Waals surface area contributed by atoms with E-state index >= 15 is 0 Å². The molecule has 0 radical (unpaired) electrons. The second-order valence-corrected chi connectivity index (χ2v) is 12.6. The molecule has 4 aromatic carbocycles. The molecule has 1 N–H and O–H groups in total. The van der Waals surface area contributed by atoms with Crippen LogP contribution in [-0.4, -0.2) is 27.5 Å². The Balaban J connectivity index is 1.27. The zero-order chi connectivity index (χ0) is 29.0. The smallest absolute Gasteiger partial charge is 0.308 e. The number of hydrogen-bond acceptors (Lipinski definition) is 6. The SMILES string of the molecule is Cc1ccc(N2C(=O)[C@H]3[C@H](c4ccccc4)c4sc(=O)n(CC(=O)Nc5cccc6ccccc56)c4S[C@H]3C2=O)cc1. The van der Waals surface area contributed by atoms with Gasteiger partial charge in [-0.25, -0.2) is 4.90 Å². The number of rotatable bonds is 5. The van der Waals surface area contributed by atoms with Crippen LogP contribution in [0.5, 0.6) is 0 Å². The number of anilines is 2. The van der Waals surface area contributed by atoms with Crippen LogP contribution in [0.15, 0.2) is 107 Å². The van der Waals surface area contributed by atoms with Crippen molar-refractivity contribution in [1.82, 2.24) is 4.57 Å². The van der Waals surface area contributed by atoms with Crippen molar-refractivity contribution in [1.29, 1.82) is 0 Å². The number of thiazole rings is 1. The van der Waals surface area contributed by atoms with Gasteiger partial charge in [-0.1, -0.05) is 108 Å². The number of thioether (sulfide) groups is 1. The molecule has 0 saturated carbocycles. The second-order valence-electron chi connectivity index (χ2n) is 10.5. The summed E-state index contributed by atoms with van der Waals surface area (Å²) in [6.07, 6.45) is 0. The van der Waals surface area contributed by atoms with Gasteiger partial charge in [0.1, 0.15) is 11.8 Å². The average Bonchev–Trinajstić information content (AvgIpc) is 3.44. The molecule has 2 aliphatic heterocycles. The number of nitrogens with one attached hydrogen (secondary N) is 1. The van der Waals surface area contributed by atoms with Gasteiger partial charge in [-0.2, -0.15) is 0 Å².